The van der Waals surface area contributed by atoms with Crippen LogP contribution in [0.5, 0.6) is 0 Å². The van der Waals surface area contributed by atoms with Crippen LogP contribution in [-0.4, -0.2) is 9.13 Å². The molecule has 0 saturated heterocycles. The molecule has 0 amide bonds. The maximum atomic E-state index is 3.98. The van der Waals surface area contributed by atoms with Gasteiger partial charge in [0, 0.05) is 22.1 Å². The van der Waals surface area contributed by atoms with Gasteiger partial charge in [0.1, 0.15) is 0 Å². The monoisotopic (exact) mass is 670 g/mol. The molecular weight excluding hydrogens is 636 g/mol. The van der Waals surface area contributed by atoms with E-state index in [2.05, 4.69) is 207 Å². The van der Waals surface area contributed by atoms with Gasteiger partial charge in [0.05, 0.1) is 22.4 Å². The normalized spacial score (nSPS) is 11.3. The summed E-state index contributed by atoms with van der Waals surface area (Å²) in [5, 5.41) is 3.53. The lowest BCUT2D eigenvalue weighted by molar-refractivity contribution is 1.13. The lowest BCUT2D eigenvalue weighted by atomic mass is 10.0. The topological polar surface area (TPSA) is 9.86 Å². The summed E-state index contributed by atoms with van der Waals surface area (Å²) in [6.45, 7) is 3.98. The second kappa shape index (κ2) is 12.9. The van der Waals surface area contributed by atoms with Crippen LogP contribution in [0.3, 0.4) is 0 Å². The molecule has 2 nitrogen and oxygen atoms in total. The third-order valence-electron chi connectivity index (χ3n) is 9.84. The summed E-state index contributed by atoms with van der Waals surface area (Å²) in [6.07, 6.45) is 1.89. The molecule has 0 saturated carbocycles. The Bertz CT molecular complexity index is 2650. The quantitative estimate of drug-likeness (QED) is 0.149. The zero-order valence-electron chi connectivity index (χ0n) is 28.1. The van der Waals surface area contributed by atoms with E-state index < -0.39 is 0 Å². The van der Waals surface area contributed by atoms with Gasteiger partial charge in [-0.2, -0.15) is 0 Å². The molecule has 0 spiro atoms. The van der Waals surface area contributed by atoms with Crippen molar-refractivity contribution >= 4 is 42.4 Å². The van der Waals surface area contributed by atoms with E-state index >= 15 is 0 Å². The van der Waals surface area contributed by atoms with E-state index in [4.69, 9.17) is 0 Å². The molecule has 2 aromatic heterocycles. The van der Waals surface area contributed by atoms with E-state index in [1.165, 1.54) is 55.2 Å². The molecule has 1 atom stereocenters. The largest absolute Gasteiger partial charge is 0.309 e. The van der Waals surface area contributed by atoms with E-state index in [9.17, 15) is 0 Å². The van der Waals surface area contributed by atoms with Crippen molar-refractivity contribution in [3.8, 4) is 56.1 Å². The van der Waals surface area contributed by atoms with Gasteiger partial charge in [0.15, 0.2) is 0 Å². The third kappa shape index (κ3) is 5.70. The molecule has 9 rings (SSSR count). The summed E-state index contributed by atoms with van der Waals surface area (Å²) in [7, 11) is 2.81. The minimum atomic E-state index is 1.10. The van der Waals surface area contributed by atoms with Gasteiger partial charge >= 0.3 is 0 Å². The first-order valence-corrected chi connectivity index (χ1v) is 17.8. The fraction of sp³-hybridized carbons (Fsp3) is 0. The smallest absolute Gasteiger partial charge is 0.0542 e. The van der Waals surface area contributed by atoms with Crippen LogP contribution < -0.4 is 5.30 Å². The highest BCUT2D eigenvalue weighted by Gasteiger charge is 2.18. The molecule has 242 valence electrons. The van der Waals surface area contributed by atoms with Crippen LogP contribution >= 0.6 is 9.24 Å². The zero-order valence-corrected chi connectivity index (χ0v) is 29.2. The molecular formula is C48H35N2P. The number of fused-ring (bicyclic) bond motifs is 2. The van der Waals surface area contributed by atoms with Gasteiger partial charge < -0.3 is 9.13 Å². The minimum absolute atomic E-state index is 1.10. The van der Waals surface area contributed by atoms with E-state index in [-0.39, 0.29) is 0 Å². The molecule has 0 bridgehead atoms. The molecule has 7 aromatic carbocycles. The first-order valence-electron chi connectivity index (χ1n) is 17.2. The van der Waals surface area contributed by atoms with Crippen molar-refractivity contribution < 1.29 is 0 Å². The Balaban J connectivity index is 1.24. The molecule has 0 aliphatic rings. The van der Waals surface area contributed by atoms with Gasteiger partial charge in [0.25, 0.3) is 0 Å². The Morgan fingerprint density at radius 2 is 0.765 bits per heavy atom. The molecule has 0 aliphatic heterocycles. The van der Waals surface area contributed by atoms with E-state index in [0.717, 1.165) is 33.6 Å². The fourth-order valence-electron chi connectivity index (χ4n) is 7.20. The van der Waals surface area contributed by atoms with Crippen LogP contribution in [0.2, 0.25) is 0 Å². The molecule has 1 unspecified atom stereocenters. The van der Waals surface area contributed by atoms with E-state index in [1.807, 2.05) is 6.08 Å². The third-order valence-corrected chi connectivity index (χ3v) is 10.2. The standard InChI is InChI=1S/C48H35N2P/c1-2-33-13-23-42(24-14-33)49-45(38-19-15-36(16-20-38)34-9-5-3-6-10-34)29-40-32-48-41(31-47(40)49)30-46(50(48)43-25-27-44(51)28-26-43)39-21-17-37(18-22-39)35-11-7-4-8-12-35/h2-32H,1,51H2. The second-order valence-corrected chi connectivity index (χ2v) is 13.6. The summed E-state index contributed by atoms with van der Waals surface area (Å²) >= 11 is 0. The lowest BCUT2D eigenvalue weighted by Gasteiger charge is -2.13. The SMILES string of the molecule is C=Cc1ccc(-n2c(-c3ccc(-c4ccccc4)cc3)cc3cc4c(cc(-c5ccc(-c6ccccc6)cc5)n4-c4ccc(P)cc4)cc32)cc1. The second-order valence-electron chi connectivity index (χ2n) is 13.0. The highest BCUT2D eigenvalue weighted by atomic mass is 31.0. The maximum Gasteiger partial charge on any atom is 0.0542 e. The number of hydrogen-bond acceptors (Lipinski definition) is 0. The van der Waals surface area contributed by atoms with Gasteiger partial charge in [-0.3, -0.25) is 0 Å². The summed E-state index contributed by atoms with van der Waals surface area (Å²) in [5.41, 5.74) is 15.2. The first-order chi connectivity index (χ1) is 25.1. The summed E-state index contributed by atoms with van der Waals surface area (Å²) < 4.78 is 4.80. The summed E-state index contributed by atoms with van der Waals surface area (Å²) in [4.78, 5) is 0. The summed E-state index contributed by atoms with van der Waals surface area (Å²) in [5.74, 6) is 0. The van der Waals surface area contributed by atoms with E-state index in [1.54, 1.807) is 0 Å². The van der Waals surface area contributed by atoms with Crippen molar-refractivity contribution in [2.24, 2.45) is 0 Å². The molecule has 9 aromatic rings. The van der Waals surface area contributed by atoms with Crippen LogP contribution in [0, 0.1) is 0 Å². The van der Waals surface area contributed by atoms with Gasteiger partial charge in [-0.25, -0.2) is 0 Å². The number of rotatable bonds is 7. The Morgan fingerprint density at radius 3 is 1.18 bits per heavy atom. The zero-order chi connectivity index (χ0) is 34.3. The first kappa shape index (κ1) is 30.8. The van der Waals surface area contributed by atoms with Gasteiger partial charge in [-0.05, 0) is 92.8 Å². The van der Waals surface area contributed by atoms with Gasteiger partial charge in [0.2, 0.25) is 0 Å². The molecule has 3 heteroatoms. The highest BCUT2D eigenvalue weighted by Crippen LogP contribution is 2.39. The van der Waals surface area contributed by atoms with Crippen LogP contribution in [-0.2, 0) is 0 Å². The van der Waals surface area contributed by atoms with Gasteiger partial charge in [-0.1, -0.05) is 146 Å². The minimum Gasteiger partial charge on any atom is -0.309 e. The number of hydrogen-bond donors (Lipinski definition) is 0. The van der Waals surface area contributed by atoms with Crippen LogP contribution in [0.25, 0.3) is 84.0 Å². The Kier molecular flexibility index (Phi) is 7.81. The summed E-state index contributed by atoms with van der Waals surface area (Å²) in [6, 6.07) is 65.8. The van der Waals surface area contributed by atoms with Crippen molar-refractivity contribution in [3.63, 3.8) is 0 Å². The predicted octanol–water partition coefficient (Wildman–Crippen LogP) is 12.4. The highest BCUT2D eigenvalue weighted by molar-refractivity contribution is 7.27. The fourth-order valence-corrected chi connectivity index (χ4v) is 7.40. The molecule has 0 N–H and O–H groups in total. The van der Waals surface area contributed by atoms with Crippen molar-refractivity contribution in [1.29, 1.82) is 0 Å². The van der Waals surface area contributed by atoms with Crippen LogP contribution in [0.4, 0.5) is 0 Å². The van der Waals surface area contributed by atoms with Crippen molar-refractivity contribution in [2.75, 3.05) is 0 Å². The molecule has 0 fully saturated rings. The maximum absolute atomic E-state index is 3.98. The molecule has 0 aliphatic carbocycles. The lowest BCUT2D eigenvalue weighted by Crippen LogP contribution is -1.99. The van der Waals surface area contributed by atoms with Crippen LogP contribution in [0.1, 0.15) is 5.56 Å². The molecule has 0 radical (unpaired) electrons. The van der Waals surface area contributed by atoms with Crippen LogP contribution in [0.15, 0.2) is 189 Å². The average Bonchev–Trinajstić information content (AvgIpc) is 3.76. The average molecular weight is 671 g/mol. The van der Waals surface area contributed by atoms with E-state index in [0.29, 0.717) is 0 Å². The van der Waals surface area contributed by atoms with Crippen molar-refractivity contribution in [3.05, 3.63) is 194 Å². The number of aromatic nitrogens is 2. The van der Waals surface area contributed by atoms with Crippen molar-refractivity contribution in [1.82, 2.24) is 9.13 Å². The Morgan fingerprint density at radius 1 is 0.392 bits per heavy atom. The molecule has 51 heavy (non-hydrogen) atoms. The van der Waals surface area contributed by atoms with Gasteiger partial charge in [-0.15, -0.1) is 9.24 Å². The predicted molar refractivity (Wildman–Crippen MR) is 221 cm³/mol. The van der Waals surface area contributed by atoms with Crippen molar-refractivity contribution in [2.45, 2.75) is 0 Å². The Hall–Kier alpha value is -6.21. The molecule has 2 heterocycles. The number of nitrogens with zero attached hydrogens (tertiary/aromatic N) is 2. The Labute approximate surface area is 300 Å². The number of benzene rings is 7.